The number of piperidine rings is 1. The molecular weight excluding hydrogens is 266 g/mol. The van der Waals surface area contributed by atoms with Gasteiger partial charge in [0.05, 0.1) is 38.9 Å². The third-order valence-corrected chi connectivity index (χ3v) is 5.29. The molecule has 1 heterocycles. The zero-order valence-corrected chi connectivity index (χ0v) is 12.9. The van der Waals surface area contributed by atoms with Crippen LogP contribution in [-0.4, -0.2) is 64.7 Å². The number of hydrogen-bond donors (Lipinski definition) is 2. The van der Waals surface area contributed by atoms with Crippen LogP contribution in [0.5, 0.6) is 0 Å². The van der Waals surface area contributed by atoms with Crippen molar-refractivity contribution in [3.8, 4) is 0 Å². The average molecular weight is 292 g/mol. The molecule has 0 radical (unpaired) electrons. The summed E-state index contributed by atoms with van der Waals surface area (Å²) >= 11 is 0. The molecule has 1 amide bonds. The maximum atomic E-state index is 12.0. The summed E-state index contributed by atoms with van der Waals surface area (Å²) in [4.78, 5) is 13.3. The molecule has 6 nitrogen and oxygen atoms in total. The fourth-order valence-electron chi connectivity index (χ4n) is 2.17. The zero-order valence-electron chi connectivity index (χ0n) is 12.1. The highest BCUT2D eigenvalue weighted by molar-refractivity contribution is 7.89. The summed E-state index contributed by atoms with van der Waals surface area (Å²) in [7, 11) is 0.888. The van der Waals surface area contributed by atoms with Gasteiger partial charge >= 0.3 is 0 Å². The van der Waals surface area contributed by atoms with Crippen LogP contribution in [0.25, 0.3) is 0 Å². The van der Waals surface area contributed by atoms with Gasteiger partial charge in [0, 0.05) is 13.1 Å². The summed E-state index contributed by atoms with van der Waals surface area (Å²) in [5.74, 6) is -0.116. The van der Waals surface area contributed by atoms with Crippen molar-refractivity contribution in [3.63, 3.8) is 0 Å². The Labute approximate surface area is 116 Å². The highest BCUT2D eigenvalue weighted by Gasteiger charge is 2.31. The summed E-state index contributed by atoms with van der Waals surface area (Å²) in [6.45, 7) is 4.02. The maximum Gasteiger partial charge on any atom is 0.224 e. The fraction of sp³-hybridized carbons (Fsp3) is 0.917. The number of carbonyl (C=O) groups excluding carboxylic acids is 1. The number of hydrogen-bond acceptors (Lipinski definition) is 3. The van der Waals surface area contributed by atoms with Gasteiger partial charge < -0.3 is 10.2 Å². The lowest BCUT2D eigenvalue weighted by atomic mass is 9.99. The Morgan fingerprint density at radius 1 is 1.42 bits per heavy atom. The molecule has 0 aliphatic carbocycles. The Morgan fingerprint density at radius 2 is 2.11 bits per heavy atom. The van der Waals surface area contributed by atoms with Gasteiger partial charge in [-0.2, -0.15) is 0 Å². The number of carbonyl (C=O) groups is 1. The summed E-state index contributed by atoms with van der Waals surface area (Å²) in [6, 6.07) is 0. The molecule has 7 heteroatoms. The van der Waals surface area contributed by atoms with Gasteiger partial charge in [0.15, 0.2) is 0 Å². The lowest BCUT2D eigenvalue weighted by Gasteiger charge is -2.30. The number of sulfonamides is 1. The lowest BCUT2D eigenvalue weighted by molar-refractivity contribution is -0.856. The third-order valence-electron chi connectivity index (χ3n) is 3.44. The van der Waals surface area contributed by atoms with Crippen LogP contribution in [0.1, 0.15) is 19.8 Å². The van der Waals surface area contributed by atoms with Gasteiger partial charge in [0.25, 0.3) is 0 Å². The van der Waals surface area contributed by atoms with Crippen LogP contribution in [-0.2, 0) is 14.8 Å². The van der Waals surface area contributed by atoms with Gasteiger partial charge in [-0.1, -0.05) is 0 Å². The Kier molecular flexibility index (Phi) is 6.22. The number of rotatable bonds is 6. The molecule has 2 N–H and O–H groups in total. The van der Waals surface area contributed by atoms with Crippen molar-refractivity contribution in [2.24, 2.45) is 5.92 Å². The smallest absolute Gasteiger partial charge is 0.224 e. The first-order valence-corrected chi connectivity index (χ1v) is 8.52. The number of quaternary nitrogens is 1. The maximum absolute atomic E-state index is 12.0. The van der Waals surface area contributed by atoms with Crippen molar-refractivity contribution in [2.75, 3.05) is 46.0 Å². The van der Waals surface area contributed by atoms with Crippen molar-refractivity contribution in [1.29, 1.82) is 0 Å². The molecule has 1 aliphatic rings. The molecule has 1 atom stereocenters. The Bertz CT molecular complexity index is 395. The van der Waals surface area contributed by atoms with Crippen molar-refractivity contribution in [1.82, 2.24) is 9.62 Å². The van der Waals surface area contributed by atoms with Gasteiger partial charge in [0.1, 0.15) is 0 Å². The molecule has 1 fully saturated rings. The van der Waals surface area contributed by atoms with Crippen LogP contribution >= 0.6 is 0 Å². The fourth-order valence-corrected chi connectivity index (χ4v) is 3.35. The molecule has 0 aromatic rings. The minimum Gasteiger partial charge on any atom is -0.350 e. The van der Waals surface area contributed by atoms with Crippen LogP contribution in [0.2, 0.25) is 0 Å². The topological polar surface area (TPSA) is 70.9 Å². The van der Waals surface area contributed by atoms with Gasteiger partial charge in [-0.3, -0.25) is 4.79 Å². The van der Waals surface area contributed by atoms with Gasteiger partial charge in [-0.05, 0) is 19.8 Å². The summed E-state index contributed by atoms with van der Waals surface area (Å²) in [5.41, 5.74) is 0. The van der Waals surface area contributed by atoms with Crippen LogP contribution in [0, 0.1) is 5.92 Å². The van der Waals surface area contributed by atoms with E-state index in [1.807, 2.05) is 14.1 Å². The zero-order chi connectivity index (χ0) is 14.5. The van der Waals surface area contributed by atoms with Gasteiger partial charge in [-0.25, -0.2) is 12.7 Å². The Hall–Kier alpha value is -0.660. The van der Waals surface area contributed by atoms with E-state index in [-0.39, 0.29) is 17.6 Å². The monoisotopic (exact) mass is 292 g/mol. The minimum atomic E-state index is -3.17. The number of nitrogens with one attached hydrogen (secondary N) is 2. The minimum absolute atomic E-state index is 0.0164. The molecule has 0 aromatic carbocycles. The van der Waals surface area contributed by atoms with Crippen molar-refractivity contribution < 1.29 is 18.1 Å². The average Bonchev–Trinajstić information content (AvgIpc) is 2.38. The highest BCUT2D eigenvalue weighted by atomic mass is 32.2. The molecule has 0 bridgehead atoms. The van der Waals surface area contributed by atoms with Gasteiger partial charge in [0.2, 0.25) is 15.9 Å². The van der Waals surface area contributed by atoms with Crippen molar-refractivity contribution >= 4 is 15.9 Å². The normalized spacial score (nSPS) is 21.6. The molecule has 1 unspecified atom stereocenters. The number of likely N-dealkylation sites (N-methyl/N-ethyl adjacent to an activating group) is 1. The Balaban J connectivity index is 2.48. The van der Waals surface area contributed by atoms with Crippen LogP contribution in [0.3, 0.4) is 0 Å². The second kappa shape index (κ2) is 7.21. The van der Waals surface area contributed by atoms with E-state index in [0.717, 1.165) is 19.4 Å². The van der Waals surface area contributed by atoms with Crippen LogP contribution in [0.15, 0.2) is 0 Å². The van der Waals surface area contributed by atoms with Crippen molar-refractivity contribution in [3.05, 3.63) is 0 Å². The summed E-state index contributed by atoms with van der Waals surface area (Å²) < 4.78 is 25.1. The summed E-state index contributed by atoms with van der Waals surface area (Å²) in [5, 5.41) is 2.89. The first kappa shape index (κ1) is 16.4. The first-order chi connectivity index (χ1) is 8.86. The van der Waals surface area contributed by atoms with Crippen LogP contribution in [0.4, 0.5) is 0 Å². The molecule has 19 heavy (non-hydrogen) atoms. The Morgan fingerprint density at radius 3 is 2.68 bits per heavy atom. The van der Waals surface area contributed by atoms with E-state index in [9.17, 15) is 13.2 Å². The molecule has 1 aliphatic heterocycles. The highest BCUT2D eigenvalue weighted by Crippen LogP contribution is 2.19. The predicted molar refractivity (Wildman–Crippen MR) is 74.4 cm³/mol. The van der Waals surface area contributed by atoms with Crippen LogP contribution < -0.4 is 10.2 Å². The largest absolute Gasteiger partial charge is 0.350 e. The second-order valence-electron chi connectivity index (χ2n) is 5.35. The molecular formula is C12H26N3O3S+. The predicted octanol–water partition coefficient (Wildman–Crippen LogP) is -1.69. The molecule has 112 valence electrons. The molecule has 1 rings (SSSR count). The third kappa shape index (κ3) is 5.08. The summed E-state index contributed by atoms with van der Waals surface area (Å²) in [6.07, 6.45) is 1.53. The number of amides is 1. The lowest BCUT2D eigenvalue weighted by Crippen LogP contribution is -3.06. The molecule has 0 saturated carbocycles. The number of nitrogens with zero attached hydrogens (tertiary/aromatic N) is 1. The van der Waals surface area contributed by atoms with E-state index in [1.165, 1.54) is 9.21 Å². The standard InChI is InChI=1S/C12H25N3O3S/c1-4-19(17,18)15-8-5-6-11(10-15)12(16)13-7-9-14(2)3/h11H,4-10H2,1-3H3,(H,13,16)/p+1. The molecule has 0 aromatic heterocycles. The molecule has 0 spiro atoms. The first-order valence-electron chi connectivity index (χ1n) is 6.91. The van der Waals surface area contributed by atoms with E-state index >= 15 is 0 Å². The molecule has 1 saturated heterocycles. The van der Waals surface area contributed by atoms with E-state index in [1.54, 1.807) is 6.92 Å². The van der Waals surface area contributed by atoms with E-state index in [2.05, 4.69) is 5.32 Å². The SMILES string of the molecule is CCS(=O)(=O)N1CCCC(C(=O)NCC[NH+](C)C)C1. The van der Waals surface area contributed by atoms with E-state index in [0.29, 0.717) is 19.6 Å². The second-order valence-corrected chi connectivity index (χ2v) is 7.60. The van der Waals surface area contributed by atoms with Gasteiger partial charge in [-0.15, -0.1) is 0 Å². The van der Waals surface area contributed by atoms with Crippen molar-refractivity contribution in [2.45, 2.75) is 19.8 Å². The van der Waals surface area contributed by atoms with E-state index < -0.39 is 10.0 Å². The van der Waals surface area contributed by atoms with E-state index in [4.69, 9.17) is 0 Å². The quantitative estimate of drug-likeness (QED) is 0.614.